The molecular formula is C21H22O6. The predicted molar refractivity (Wildman–Crippen MR) is 99.3 cm³/mol. The highest BCUT2D eigenvalue weighted by Gasteiger charge is 2.46. The molecule has 4 rings (SSSR count). The van der Waals surface area contributed by atoms with Gasteiger partial charge in [-0.15, -0.1) is 0 Å². The Kier molecular flexibility index (Phi) is 4.15. The minimum atomic E-state index is -0.838. The zero-order chi connectivity index (χ0) is 19.2. The minimum Gasteiger partial charge on any atom is -0.504 e. The molecule has 2 atom stereocenters. The van der Waals surface area contributed by atoms with Crippen molar-refractivity contribution in [2.24, 2.45) is 0 Å². The van der Waals surface area contributed by atoms with E-state index in [0.717, 1.165) is 16.7 Å². The van der Waals surface area contributed by atoms with Crippen LogP contribution in [0.25, 0.3) is 0 Å². The molecule has 0 aromatic heterocycles. The Hall–Kier alpha value is -2.86. The van der Waals surface area contributed by atoms with Crippen molar-refractivity contribution in [2.45, 2.75) is 18.1 Å². The number of hydrogen-bond donors (Lipinski definition) is 1. The van der Waals surface area contributed by atoms with E-state index in [1.807, 2.05) is 30.4 Å². The fourth-order valence-corrected chi connectivity index (χ4v) is 3.97. The molecule has 0 aliphatic carbocycles. The summed E-state index contributed by atoms with van der Waals surface area (Å²) in [6.45, 7) is 0. The maximum Gasteiger partial charge on any atom is 0.203 e. The van der Waals surface area contributed by atoms with E-state index in [9.17, 15) is 5.11 Å². The summed E-state index contributed by atoms with van der Waals surface area (Å²) < 4.78 is 28.1. The molecule has 142 valence electrons. The van der Waals surface area contributed by atoms with E-state index >= 15 is 0 Å². The predicted octanol–water partition coefficient (Wildman–Crippen LogP) is 3.18. The highest BCUT2D eigenvalue weighted by atomic mass is 16.5. The second-order valence-electron chi connectivity index (χ2n) is 6.51. The van der Waals surface area contributed by atoms with Crippen LogP contribution in [0.3, 0.4) is 0 Å². The summed E-state index contributed by atoms with van der Waals surface area (Å²) in [6.07, 6.45) is 4.50. The van der Waals surface area contributed by atoms with Gasteiger partial charge in [0.1, 0.15) is 5.60 Å². The van der Waals surface area contributed by atoms with Crippen LogP contribution in [0.1, 0.15) is 16.7 Å². The second kappa shape index (κ2) is 6.39. The van der Waals surface area contributed by atoms with Crippen molar-refractivity contribution in [3.8, 4) is 28.7 Å². The Labute approximate surface area is 157 Å². The lowest BCUT2D eigenvalue weighted by Crippen LogP contribution is -2.35. The van der Waals surface area contributed by atoms with Crippen LogP contribution in [0, 0.1) is 0 Å². The van der Waals surface area contributed by atoms with Gasteiger partial charge >= 0.3 is 0 Å². The van der Waals surface area contributed by atoms with Gasteiger partial charge in [-0.25, -0.2) is 0 Å². The highest BCUT2D eigenvalue weighted by molar-refractivity contribution is 5.62. The zero-order valence-electron chi connectivity index (χ0n) is 15.7. The molecule has 0 saturated carbocycles. The van der Waals surface area contributed by atoms with Crippen molar-refractivity contribution >= 4 is 0 Å². The second-order valence-corrected chi connectivity index (χ2v) is 6.51. The van der Waals surface area contributed by atoms with E-state index in [1.54, 1.807) is 34.5 Å². The molecule has 27 heavy (non-hydrogen) atoms. The van der Waals surface area contributed by atoms with E-state index in [1.165, 1.54) is 0 Å². The van der Waals surface area contributed by atoms with Crippen molar-refractivity contribution in [1.29, 1.82) is 0 Å². The Morgan fingerprint density at radius 2 is 1.63 bits per heavy atom. The maximum atomic E-state index is 10.7. The molecule has 6 heteroatoms. The first kappa shape index (κ1) is 17.5. The van der Waals surface area contributed by atoms with Crippen LogP contribution in [0.4, 0.5) is 0 Å². The number of phenolic OH excluding ortho intramolecular Hbond substituents is 1. The van der Waals surface area contributed by atoms with E-state index < -0.39 is 5.60 Å². The SMILES string of the molecule is COc1ccc2c(c1O)C[C@H]1C=C[C@@]2(c2cc(OC)c(OC)c(OC)c2)O1. The number of fused-ring (bicyclic) bond motifs is 4. The quantitative estimate of drug-likeness (QED) is 0.816. The number of methoxy groups -OCH3 is 4. The third-order valence-electron chi connectivity index (χ3n) is 5.25. The summed E-state index contributed by atoms with van der Waals surface area (Å²) >= 11 is 0. The lowest BCUT2D eigenvalue weighted by Gasteiger charge is -2.37. The summed E-state index contributed by atoms with van der Waals surface area (Å²) in [5, 5.41) is 10.7. The molecule has 2 aromatic rings. The van der Waals surface area contributed by atoms with Crippen LogP contribution >= 0.6 is 0 Å². The van der Waals surface area contributed by atoms with Crippen LogP contribution in [0.5, 0.6) is 28.7 Å². The molecule has 0 saturated heterocycles. The van der Waals surface area contributed by atoms with Gasteiger partial charge in [0.25, 0.3) is 0 Å². The molecule has 0 amide bonds. The number of benzene rings is 2. The minimum absolute atomic E-state index is 0.130. The highest BCUT2D eigenvalue weighted by Crippen LogP contribution is 2.52. The van der Waals surface area contributed by atoms with E-state index in [-0.39, 0.29) is 11.9 Å². The van der Waals surface area contributed by atoms with Crippen LogP contribution < -0.4 is 18.9 Å². The molecular weight excluding hydrogens is 348 g/mol. The monoisotopic (exact) mass is 370 g/mol. The molecule has 2 heterocycles. The Bertz CT molecular complexity index is 894. The van der Waals surface area contributed by atoms with Crippen LogP contribution in [-0.4, -0.2) is 39.6 Å². The van der Waals surface area contributed by atoms with Crippen LogP contribution in [-0.2, 0) is 16.8 Å². The molecule has 0 unspecified atom stereocenters. The first-order chi connectivity index (χ1) is 13.1. The molecule has 2 aliphatic rings. The maximum absolute atomic E-state index is 10.7. The van der Waals surface area contributed by atoms with E-state index in [2.05, 4.69) is 0 Å². The number of phenols is 1. The van der Waals surface area contributed by atoms with Gasteiger partial charge in [-0.3, -0.25) is 0 Å². The molecule has 0 radical (unpaired) electrons. The van der Waals surface area contributed by atoms with E-state index in [0.29, 0.717) is 29.4 Å². The average Bonchev–Trinajstić information content (AvgIpc) is 3.06. The van der Waals surface area contributed by atoms with Gasteiger partial charge < -0.3 is 28.8 Å². The lowest BCUT2D eigenvalue weighted by atomic mass is 9.81. The van der Waals surface area contributed by atoms with Crippen LogP contribution in [0.15, 0.2) is 36.4 Å². The number of ether oxygens (including phenoxy) is 5. The number of rotatable bonds is 5. The Balaban J connectivity index is 1.95. The third-order valence-corrected chi connectivity index (χ3v) is 5.25. The van der Waals surface area contributed by atoms with Gasteiger partial charge in [-0.2, -0.15) is 0 Å². The molecule has 0 spiro atoms. The average molecular weight is 370 g/mol. The summed E-state index contributed by atoms with van der Waals surface area (Å²) in [7, 11) is 6.28. The van der Waals surface area contributed by atoms with Crippen molar-refractivity contribution < 1.29 is 28.8 Å². The number of aromatic hydroxyl groups is 1. The molecule has 2 bridgehead atoms. The Morgan fingerprint density at radius 3 is 2.22 bits per heavy atom. The fraction of sp³-hybridized carbons (Fsp3) is 0.333. The molecule has 0 fully saturated rings. The summed E-state index contributed by atoms with van der Waals surface area (Å²) in [4.78, 5) is 0. The largest absolute Gasteiger partial charge is 0.504 e. The van der Waals surface area contributed by atoms with Crippen molar-refractivity contribution in [2.75, 3.05) is 28.4 Å². The first-order valence-corrected chi connectivity index (χ1v) is 8.65. The Morgan fingerprint density at radius 1 is 0.963 bits per heavy atom. The van der Waals surface area contributed by atoms with Crippen molar-refractivity contribution in [3.05, 3.63) is 53.1 Å². The van der Waals surface area contributed by atoms with Crippen molar-refractivity contribution in [3.63, 3.8) is 0 Å². The summed E-state index contributed by atoms with van der Waals surface area (Å²) in [5.41, 5.74) is 1.69. The van der Waals surface area contributed by atoms with Crippen molar-refractivity contribution in [1.82, 2.24) is 0 Å². The van der Waals surface area contributed by atoms with Gasteiger partial charge in [-0.1, -0.05) is 12.1 Å². The third kappa shape index (κ3) is 2.44. The normalized spacial score (nSPS) is 22.3. The van der Waals surface area contributed by atoms with Gasteiger partial charge in [-0.05, 0) is 35.4 Å². The van der Waals surface area contributed by atoms with E-state index in [4.69, 9.17) is 23.7 Å². The first-order valence-electron chi connectivity index (χ1n) is 8.65. The number of hydrogen-bond acceptors (Lipinski definition) is 6. The molecule has 6 nitrogen and oxygen atoms in total. The van der Waals surface area contributed by atoms with Gasteiger partial charge in [0, 0.05) is 12.0 Å². The molecule has 1 N–H and O–H groups in total. The van der Waals surface area contributed by atoms with Gasteiger partial charge in [0.05, 0.1) is 34.5 Å². The smallest absolute Gasteiger partial charge is 0.203 e. The zero-order valence-corrected chi connectivity index (χ0v) is 15.7. The summed E-state index contributed by atoms with van der Waals surface area (Å²) in [6, 6.07) is 7.45. The lowest BCUT2D eigenvalue weighted by molar-refractivity contribution is -0.0121. The van der Waals surface area contributed by atoms with Crippen LogP contribution in [0.2, 0.25) is 0 Å². The topological polar surface area (TPSA) is 66.4 Å². The standard InChI is InChI=1S/C21H22O6/c1-23-16-6-5-15-14(19(16)22)11-13-7-8-21(15,27-13)12-9-17(24-2)20(26-4)18(10-12)25-3/h5-10,13,22H,11H2,1-4H3/t13-,21+/m1/s1. The van der Waals surface area contributed by atoms with Gasteiger partial charge in [0.15, 0.2) is 23.0 Å². The van der Waals surface area contributed by atoms with Gasteiger partial charge in [0.2, 0.25) is 5.75 Å². The summed E-state index contributed by atoms with van der Waals surface area (Å²) in [5.74, 6) is 2.23. The molecule has 2 aliphatic heterocycles. The molecule has 2 aromatic carbocycles. The fourth-order valence-electron chi connectivity index (χ4n) is 3.97.